The molecule has 0 amide bonds. The van der Waals surface area contributed by atoms with Gasteiger partial charge in [0.1, 0.15) is 22.9 Å². The number of hydrogen-bond donors (Lipinski definition) is 1. The van der Waals surface area contributed by atoms with E-state index in [0.29, 0.717) is 17.7 Å². The van der Waals surface area contributed by atoms with Gasteiger partial charge >= 0.3 is 0 Å². The number of halogens is 2. The largest absolute Gasteiger partial charge is 0.370 e. The molecule has 2 aromatic heterocycles. The molecule has 1 N–H and O–H groups in total. The third-order valence-corrected chi connectivity index (χ3v) is 5.57. The smallest absolute Gasteiger partial charge is 0.174 e. The third-order valence-electron chi connectivity index (χ3n) is 3.06. The van der Waals surface area contributed by atoms with E-state index in [1.54, 1.807) is 10.7 Å². The van der Waals surface area contributed by atoms with Gasteiger partial charge in [-0.05, 0) is 28.0 Å². The van der Waals surface area contributed by atoms with E-state index in [4.69, 9.17) is 16.3 Å². The molecule has 2 heterocycles. The quantitative estimate of drug-likeness (QED) is 0.455. The van der Waals surface area contributed by atoms with E-state index >= 15 is 0 Å². The average molecular weight is 392 g/mol. The third kappa shape index (κ3) is 4.18. The van der Waals surface area contributed by atoms with Gasteiger partial charge in [-0.2, -0.15) is 5.10 Å². The Morgan fingerprint density at radius 1 is 1.43 bits per heavy atom. The molecule has 0 atom stereocenters. The van der Waals surface area contributed by atoms with Gasteiger partial charge < -0.3 is 10.1 Å². The Labute approximate surface area is 139 Å². The Morgan fingerprint density at radius 2 is 2.14 bits per heavy atom. The van der Waals surface area contributed by atoms with Crippen LogP contribution in [0.5, 0.6) is 0 Å². The van der Waals surface area contributed by atoms with Gasteiger partial charge in [-0.1, -0.05) is 31.2 Å². The lowest BCUT2D eigenvalue weighted by atomic mass is 10.4. The lowest BCUT2D eigenvalue weighted by Gasteiger charge is -2.15. The number of fused-ring (bicyclic) bond motifs is 1. The number of hydrogen-bond acceptors (Lipinski definition) is 4. The van der Waals surface area contributed by atoms with Gasteiger partial charge in [0.15, 0.2) is 5.82 Å². The minimum atomic E-state index is -1.08. The summed E-state index contributed by atoms with van der Waals surface area (Å²) in [5.41, 5.74) is 1.63. The number of aromatic nitrogens is 3. The first-order chi connectivity index (χ1) is 9.81. The predicted octanol–water partition coefficient (Wildman–Crippen LogP) is 4.20. The number of ether oxygens (including phenoxy) is 1. The van der Waals surface area contributed by atoms with Crippen LogP contribution in [0.2, 0.25) is 30.8 Å². The van der Waals surface area contributed by atoms with Crippen molar-refractivity contribution in [3.05, 3.63) is 15.7 Å². The zero-order valence-corrected chi connectivity index (χ0v) is 16.0. The highest BCUT2D eigenvalue weighted by Gasteiger charge is 2.16. The fraction of sp³-hybridized carbons (Fsp3) is 0.538. The Bertz CT molecular complexity index is 641. The van der Waals surface area contributed by atoms with Crippen LogP contribution in [0.3, 0.4) is 0 Å². The minimum Gasteiger partial charge on any atom is -0.370 e. The Balaban J connectivity index is 2.20. The monoisotopic (exact) mass is 390 g/mol. The van der Waals surface area contributed by atoms with Crippen LogP contribution < -0.4 is 5.32 Å². The van der Waals surface area contributed by atoms with Crippen LogP contribution in [0.25, 0.3) is 11.0 Å². The minimum absolute atomic E-state index is 0.407. The summed E-state index contributed by atoms with van der Waals surface area (Å²) in [4.78, 5) is 4.34. The van der Waals surface area contributed by atoms with Crippen molar-refractivity contribution < 1.29 is 4.74 Å². The summed E-state index contributed by atoms with van der Waals surface area (Å²) in [5.74, 6) is 0.696. The van der Waals surface area contributed by atoms with Gasteiger partial charge in [0.25, 0.3) is 0 Å². The zero-order chi connectivity index (χ0) is 15.6. The van der Waals surface area contributed by atoms with Crippen molar-refractivity contribution in [3.63, 3.8) is 0 Å². The maximum atomic E-state index is 6.01. The maximum absolute atomic E-state index is 6.01. The molecule has 116 valence electrons. The topological polar surface area (TPSA) is 52.0 Å². The second-order valence-corrected chi connectivity index (χ2v) is 12.9. The second kappa shape index (κ2) is 6.64. The summed E-state index contributed by atoms with van der Waals surface area (Å²) in [7, 11) is 0.739. The first-order valence-corrected chi connectivity index (χ1v) is 11.7. The first kappa shape index (κ1) is 16.7. The van der Waals surface area contributed by atoms with Gasteiger partial charge in [-0.15, -0.1) is 0 Å². The van der Waals surface area contributed by atoms with Crippen LogP contribution in [-0.2, 0) is 11.5 Å². The standard InChI is InChI=1S/C13H20BrClN4OSi/c1-16-13-11-12(9(14)7-10(15)17-11)19(18-13)8-20-5-6-21(2,3)4/h7H,5-6,8H2,1-4H3,(H,16,18). The number of anilines is 1. The summed E-state index contributed by atoms with van der Waals surface area (Å²) < 4.78 is 8.44. The molecule has 0 aliphatic rings. The number of nitrogens with one attached hydrogen (secondary N) is 1. The highest BCUT2D eigenvalue weighted by atomic mass is 79.9. The molecule has 0 aliphatic carbocycles. The van der Waals surface area contributed by atoms with Crippen LogP contribution in [0.4, 0.5) is 5.82 Å². The van der Waals surface area contributed by atoms with Crippen molar-refractivity contribution in [1.29, 1.82) is 0 Å². The lowest BCUT2D eigenvalue weighted by molar-refractivity contribution is 0.0818. The summed E-state index contributed by atoms with van der Waals surface area (Å²) >= 11 is 9.53. The van der Waals surface area contributed by atoms with Crippen LogP contribution in [0.1, 0.15) is 0 Å². The summed E-state index contributed by atoms with van der Waals surface area (Å²) in [5, 5.41) is 7.96. The van der Waals surface area contributed by atoms with E-state index in [0.717, 1.165) is 28.2 Å². The summed E-state index contributed by atoms with van der Waals surface area (Å²) in [6.07, 6.45) is 0. The Hall–Kier alpha value is -0.633. The molecule has 0 fully saturated rings. The maximum Gasteiger partial charge on any atom is 0.174 e. The van der Waals surface area contributed by atoms with Crippen LogP contribution in [-0.4, -0.2) is 36.5 Å². The highest BCUT2D eigenvalue weighted by molar-refractivity contribution is 9.10. The molecule has 0 radical (unpaired) electrons. The SMILES string of the molecule is CNc1nn(COCC[Si](C)(C)C)c2c(Br)cc(Cl)nc12. The van der Waals surface area contributed by atoms with Crippen molar-refractivity contribution >= 4 is 52.5 Å². The van der Waals surface area contributed by atoms with Crippen molar-refractivity contribution in [1.82, 2.24) is 14.8 Å². The van der Waals surface area contributed by atoms with Crippen molar-refractivity contribution in [3.8, 4) is 0 Å². The molecule has 5 nitrogen and oxygen atoms in total. The fourth-order valence-corrected chi connectivity index (χ4v) is 3.59. The van der Waals surface area contributed by atoms with Gasteiger partial charge in [-0.3, -0.25) is 0 Å². The Kier molecular flexibility index (Phi) is 5.29. The zero-order valence-electron chi connectivity index (χ0n) is 12.7. The average Bonchev–Trinajstić information content (AvgIpc) is 2.71. The molecule has 8 heteroatoms. The van der Waals surface area contributed by atoms with Gasteiger partial charge in [-0.25, -0.2) is 9.67 Å². The highest BCUT2D eigenvalue weighted by Crippen LogP contribution is 2.30. The molecular weight excluding hydrogens is 372 g/mol. The van der Waals surface area contributed by atoms with Crippen LogP contribution in [0.15, 0.2) is 10.5 Å². The lowest BCUT2D eigenvalue weighted by Crippen LogP contribution is -2.22. The second-order valence-electron chi connectivity index (χ2n) is 6.07. The van der Waals surface area contributed by atoms with Gasteiger partial charge in [0.05, 0.1) is 0 Å². The van der Waals surface area contributed by atoms with Gasteiger partial charge in [0.2, 0.25) is 0 Å². The van der Waals surface area contributed by atoms with E-state index in [9.17, 15) is 0 Å². The molecule has 0 aliphatic heterocycles. The molecule has 2 rings (SSSR count). The van der Waals surface area contributed by atoms with Crippen molar-refractivity contribution in [2.24, 2.45) is 0 Å². The molecular formula is C13H20BrClN4OSi. The summed E-state index contributed by atoms with van der Waals surface area (Å²) in [6, 6.07) is 2.90. The Morgan fingerprint density at radius 3 is 2.76 bits per heavy atom. The molecule has 0 spiro atoms. The molecule has 0 bridgehead atoms. The normalized spacial score (nSPS) is 12.1. The van der Waals surface area contributed by atoms with E-state index in [1.165, 1.54) is 0 Å². The predicted molar refractivity (Wildman–Crippen MR) is 93.9 cm³/mol. The molecule has 0 saturated heterocycles. The van der Waals surface area contributed by atoms with E-state index in [-0.39, 0.29) is 0 Å². The fourth-order valence-electron chi connectivity index (χ4n) is 1.90. The summed E-state index contributed by atoms with van der Waals surface area (Å²) in [6.45, 7) is 8.17. The van der Waals surface area contributed by atoms with E-state index < -0.39 is 8.07 Å². The van der Waals surface area contributed by atoms with Crippen LogP contribution >= 0.6 is 27.5 Å². The molecule has 0 saturated carbocycles. The van der Waals surface area contributed by atoms with Crippen molar-refractivity contribution in [2.75, 3.05) is 19.0 Å². The van der Waals surface area contributed by atoms with Crippen molar-refractivity contribution in [2.45, 2.75) is 32.4 Å². The van der Waals surface area contributed by atoms with Gasteiger partial charge in [0, 0.05) is 26.2 Å². The number of nitrogens with zero attached hydrogens (tertiary/aromatic N) is 3. The first-order valence-electron chi connectivity index (χ1n) is 6.80. The molecule has 2 aromatic rings. The molecule has 0 unspecified atom stereocenters. The molecule has 21 heavy (non-hydrogen) atoms. The van der Waals surface area contributed by atoms with E-state index in [2.05, 4.69) is 51.0 Å². The van der Waals surface area contributed by atoms with E-state index in [1.807, 2.05) is 7.05 Å². The number of pyridine rings is 1. The number of rotatable bonds is 6. The molecule has 0 aromatic carbocycles. The van der Waals surface area contributed by atoms with Crippen LogP contribution in [0, 0.1) is 0 Å².